The number of guanidine groups is 1. The normalized spacial score (nSPS) is 19.2. The van der Waals surface area contributed by atoms with Crippen LogP contribution in [0.25, 0.3) is 0 Å². The lowest BCUT2D eigenvalue weighted by molar-refractivity contribution is -0.135. The van der Waals surface area contributed by atoms with Gasteiger partial charge in [0.1, 0.15) is 0 Å². The molecular weight excluding hydrogens is 388 g/mol. The third-order valence-electron chi connectivity index (χ3n) is 6.28. The Labute approximate surface area is 188 Å². The van der Waals surface area contributed by atoms with Crippen LogP contribution in [0.1, 0.15) is 37.8 Å². The van der Waals surface area contributed by atoms with Gasteiger partial charge in [0, 0.05) is 52.4 Å². The topological polar surface area (TPSA) is 54.4 Å². The number of rotatable bonds is 7. The van der Waals surface area contributed by atoms with Crippen molar-refractivity contribution in [2.45, 2.75) is 45.8 Å². The maximum atomic E-state index is 12.8. The van der Waals surface area contributed by atoms with Gasteiger partial charge in [-0.1, -0.05) is 24.3 Å². The summed E-state index contributed by atoms with van der Waals surface area (Å²) in [7, 11) is 4.19. The van der Waals surface area contributed by atoms with E-state index >= 15 is 0 Å². The van der Waals surface area contributed by atoms with Crippen LogP contribution in [0.5, 0.6) is 0 Å². The molecule has 7 heteroatoms. The maximum Gasteiger partial charge on any atom is 0.239 e. The van der Waals surface area contributed by atoms with Gasteiger partial charge in [-0.3, -0.25) is 9.69 Å². The number of hydrogen-bond acceptors (Lipinski definition) is 4. The van der Waals surface area contributed by atoms with E-state index in [2.05, 4.69) is 72.2 Å². The smallest absolute Gasteiger partial charge is 0.239 e. The molecule has 1 N–H and O–H groups in total. The lowest BCUT2D eigenvalue weighted by Crippen LogP contribution is -2.57. The minimum Gasteiger partial charge on any atom is -0.357 e. The molecule has 31 heavy (non-hydrogen) atoms. The zero-order chi connectivity index (χ0) is 22.2. The number of nitrogens with zero attached hydrogens (tertiary/aromatic N) is 5. The first-order valence-electron chi connectivity index (χ1n) is 11.8. The Morgan fingerprint density at radius 1 is 1.03 bits per heavy atom. The average molecular weight is 429 g/mol. The number of piperazine rings is 1. The van der Waals surface area contributed by atoms with Crippen molar-refractivity contribution in [2.75, 3.05) is 59.9 Å². The molecule has 2 aliphatic heterocycles. The molecule has 0 aliphatic carbocycles. The van der Waals surface area contributed by atoms with E-state index in [1.807, 2.05) is 4.90 Å². The number of hydrogen-bond donors (Lipinski definition) is 1. The van der Waals surface area contributed by atoms with Gasteiger partial charge in [0.25, 0.3) is 0 Å². The quantitative estimate of drug-likeness (QED) is 0.531. The van der Waals surface area contributed by atoms with Gasteiger partial charge in [-0.25, -0.2) is 4.99 Å². The molecule has 0 radical (unpaired) electrons. The molecule has 172 valence electrons. The molecule has 0 aromatic heterocycles. The van der Waals surface area contributed by atoms with E-state index in [4.69, 9.17) is 4.99 Å². The van der Waals surface area contributed by atoms with Crippen molar-refractivity contribution in [3.8, 4) is 0 Å². The number of carbonyl (C=O) groups excluding carboxylic acids is 1. The van der Waals surface area contributed by atoms with Crippen molar-refractivity contribution in [3.63, 3.8) is 0 Å². The second-order valence-corrected chi connectivity index (χ2v) is 8.91. The Morgan fingerprint density at radius 2 is 1.68 bits per heavy atom. The van der Waals surface area contributed by atoms with Gasteiger partial charge in [-0.15, -0.1) is 0 Å². The number of nitrogens with one attached hydrogen (secondary N) is 1. The highest BCUT2D eigenvalue weighted by atomic mass is 16.2. The summed E-state index contributed by atoms with van der Waals surface area (Å²) in [6, 6.07) is 8.53. The van der Waals surface area contributed by atoms with Crippen LogP contribution in [0.3, 0.4) is 0 Å². The first-order valence-corrected chi connectivity index (χ1v) is 11.8. The van der Waals surface area contributed by atoms with Crippen molar-refractivity contribution in [3.05, 3.63) is 35.4 Å². The number of benzene rings is 1. The third-order valence-corrected chi connectivity index (χ3v) is 6.28. The van der Waals surface area contributed by atoms with Gasteiger partial charge in [-0.2, -0.15) is 0 Å². The highest BCUT2D eigenvalue weighted by Crippen LogP contribution is 2.15. The largest absolute Gasteiger partial charge is 0.357 e. The van der Waals surface area contributed by atoms with Gasteiger partial charge in [0.2, 0.25) is 5.91 Å². The Bertz CT molecular complexity index is 735. The second-order valence-electron chi connectivity index (χ2n) is 8.91. The lowest BCUT2D eigenvalue weighted by Gasteiger charge is -2.39. The minimum atomic E-state index is -0.0299. The summed E-state index contributed by atoms with van der Waals surface area (Å²) in [5, 5.41) is 3.47. The molecule has 0 saturated carbocycles. The highest BCUT2D eigenvalue weighted by Gasteiger charge is 2.30. The molecule has 2 fully saturated rings. The zero-order valence-electron chi connectivity index (χ0n) is 19.8. The van der Waals surface area contributed by atoms with Crippen LogP contribution in [0.2, 0.25) is 0 Å². The molecular formula is C24H40N6O. The van der Waals surface area contributed by atoms with Crippen LogP contribution < -0.4 is 5.32 Å². The van der Waals surface area contributed by atoms with Crippen LogP contribution in [-0.2, 0) is 17.9 Å². The van der Waals surface area contributed by atoms with Crippen LogP contribution in [0, 0.1) is 0 Å². The van der Waals surface area contributed by atoms with Gasteiger partial charge < -0.3 is 20.0 Å². The van der Waals surface area contributed by atoms with Crippen molar-refractivity contribution in [1.82, 2.24) is 24.9 Å². The molecule has 0 spiro atoms. The Balaban J connectivity index is 1.59. The fourth-order valence-electron chi connectivity index (χ4n) is 4.47. The van der Waals surface area contributed by atoms with Crippen LogP contribution in [-0.4, -0.2) is 97.4 Å². The Morgan fingerprint density at radius 3 is 2.29 bits per heavy atom. The molecule has 2 saturated heterocycles. The summed E-state index contributed by atoms with van der Waals surface area (Å²) in [4.78, 5) is 26.6. The van der Waals surface area contributed by atoms with Gasteiger partial charge >= 0.3 is 0 Å². The molecule has 1 aromatic rings. The summed E-state index contributed by atoms with van der Waals surface area (Å²) in [5.74, 6) is 1.27. The van der Waals surface area contributed by atoms with E-state index in [1.165, 1.54) is 11.1 Å². The SMILES string of the molecule is CCNC(=NCc1ccccc1CN(C)C)N1CCN(C(C)C(=O)N2CCCC2)CC1. The molecule has 1 aromatic carbocycles. The standard InChI is InChI=1S/C24H40N6O/c1-5-25-24(26-18-21-10-6-7-11-22(21)19-27(3)4)30-16-14-28(15-17-30)20(2)23(31)29-12-8-9-13-29/h6-7,10-11,20H,5,8-9,12-19H2,1-4H3,(H,25,26). The first kappa shape index (κ1) is 23.5. The molecule has 2 heterocycles. The van der Waals surface area contributed by atoms with Crippen LogP contribution in [0.15, 0.2) is 29.3 Å². The van der Waals surface area contributed by atoms with Crippen molar-refractivity contribution >= 4 is 11.9 Å². The van der Waals surface area contributed by atoms with E-state index in [1.54, 1.807) is 0 Å². The van der Waals surface area contributed by atoms with Crippen molar-refractivity contribution in [2.24, 2.45) is 4.99 Å². The number of aliphatic imine (C=N–C) groups is 1. The van der Waals surface area contributed by atoms with E-state index in [9.17, 15) is 4.79 Å². The van der Waals surface area contributed by atoms with Gasteiger partial charge in [0.05, 0.1) is 12.6 Å². The lowest BCUT2D eigenvalue weighted by atomic mass is 10.1. The van der Waals surface area contributed by atoms with Gasteiger partial charge in [-0.05, 0) is 51.9 Å². The Hall–Kier alpha value is -2.12. The third kappa shape index (κ3) is 6.43. The molecule has 1 unspecified atom stereocenters. The zero-order valence-corrected chi connectivity index (χ0v) is 19.8. The van der Waals surface area contributed by atoms with Gasteiger partial charge in [0.15, 0.2) is 5.96 Å². The molecule has 2 aliphatic rings. The fourth-order valence-corrected chi connectivity index (χ4v) is 4.47. The second kappa shape index (κ2) is 11.5. The summed E-state index contributed by atoms with van der Waals surface area (Å²) >= 11 is 0. The summed E-state index contributed by atoms with van der Waals surface area (Å²) in [6.07, 6.45) is 2.29. The molecule has 3 rings (SSSR count). The summed E-state index contributed by atoms with van der Waals surface area (Å²) in [6.45, 7) is 12.0. The minimum absolute atomic E-state index is 0.0299. The molecule has 1 amide bonds. The van der Waals surface area contributed by atoms with E-state index in [0.29, 0.717) is 12.5 Å². The Kier molecular flexibility index (Phi) is 8.72. The van der Waals surface area contributed by atoms with E-state index in [-0.39, 0.29) is 6.04 Å². The van der Waals surface area contributed by atoms with E-state index in [0.717, 1.165) is 71.2 Å². The van der Waals surface area contributed by atoms with E-state index < -0.39 is 0 Å². The molecule has 0 bridgehead atoms. The van der Waals surface area contributed by atoms with Crippen molar-refractivity contribution in [1.29, 1.82) is 0 Å². The van der Waals surface area contributed by atoms with Crippen LogP contribution in [0.4, 0.5) is 0 Å². The summed E-state index contributed by atoms with van der Waals surface area (Å²) < 4.78 is 0. The predicted molar refractivity (Wildman–Crippen MR) is 127 cm³/mol. The molecule has 1 atom stereocenters. The summed E-state index contributed by atoms with van der Waals surface area (Å²) in [5.41, 5.74) is 2.60. The monoisotopic (exact) mass is 428 g/mol. The number of amides is 1. The van der Waals surface area contributed by atoms with Crippen molar-refractivity contribution < 1.29 is 4.79 Å². The maximum absolute atomic E-state index is 12.8. The first-order chi connectivity index (χ1) is 15.0. The molecule has 7 nitrogen and oxygen atoms in total. The number of carbonyl (C=O) groups is 1. The van der Waals surface area contributed by atoms with Crippen LogP contribution >= 0.6 is 0 Å². The fraction of sp³-hybridized carbons (Fsp3) is 0.667. The predicted octanol–water partition coefficient (Wildman–Crippen LogP) is 1.84. The highest BCUT2D eigenvalue weighted by molar-refractivity contribution is 5.82. The average Bonchev–Trinajstić information content (AvgIpc) is 3.31. The number of likely N-dealkylation sites (tertiary alicyclic amines) is 1.